The van der Waals surface area contributed by atoms with Crippen LogP contribution in [0.25, 0.3) is 0 Å². The Morgan fingerprint density at radius 1 is 1.33 bits per heavy atom. The third kappa shape index (κ3) is 3.38. The fourth-order valence-electron chi connectivity index (χ4n) is 3.65. The van der Waals surface area contributed by atoms with E-state index in [1.54, 1.807) is 10.4 Å². The summed E-state index contributed by atoms with van der Waals surface area (Å²) < 4.78 is 0. The van der Waals surface area contributed by atoms with Gasteiger partial charge in [-0.2, -0.15) is 0 Å². The van der Waals surface area contributed by atoms with Crippen LogP contribution in [0.15, 0.2) is 35.7 Å². The van der Waals surface area contributed by atoms with Crippen molar-refractivity contribution in [3.05, 3.63) is 57.3 Å². The van der Waals surface area contributed by atoms with Gasteiger partial charge >= 0.3 is 0 Å². The Bertz CT molecular complexity index is 587. The van der Waals surface area contributed by atoms with Gasteiger partial charge < -0.3 is 5.32 Å². The van der Waals surface area contributed by atoms with E-state index in [0.29, 0.717) is 12.0 Å². The number of hydrogen-bond acceptors (Lipinski definition) is 2. The van der Waals surface area contributed by atoms with E-state index in [0.717, 1.165) is 13.0 Å². The SMILES string of the molecule is CCNC(Cc1cccc(C)c1)C1CCCc2sccc21. The van der Waals surface area contributed by atoms with Crippen molar-refractivity contribution in [3.63, 3.8) is 0 Å². The predicted molar refractivity (Wildman–Crippen MR) is 92.3 cm³/mol. The summed E-state index contributed by atoms with van der Waals surface area (Å²) in [6.45, 7) is 5.45. The highest BCUT2D eigenvalue weighted by Crippen LogP contribution is 2.37. The lowest BCUT2D eigenvalue weighted by Crippen LogP contribution is -2.38. The Balaban J connectivity index is 1.82. The molecule has 0 amide bonds. The Morgan fingerprint density at radius 3 is 3.05 bits per heavy atom. The molecule has 1 nitrogen and oxygen atoms in total. The van der Waals surface area contributed by atoms with Gasteiger partial charge in [0, 0.05) is 16.8 Å². The smallest absolute Gasteiger partial charge is 0.0176 e. The highest BCUT2D eigenvalue weighted by molar-refractivity contribution is 7.10. The third-order valence-corrected chi connectivity index (χ3v) is 5.58. The van der Waals surface area contributed by atoms with Crippen LogP contribution in [-0.2, 0) is 12.8 Å². The van der Waals surface area contributed by atoms with Crippen LogP contribution in [-0.4, -0.2) is 12.6 Å². The van der Waals surface area contributed by atoms with Crippen LogP contribution in [0.1, 0.15) is 47.3 Å². The number of fused-ring (bicyclic) bond motifs is 1. The largest absolute Gasteiger partial charge is 0.313 e. The van der Waals surface area contributed by atoms with Gasteiger partial charge in [-0.15, -0.1) is 11.3 Å². The van der Waals surface area contributed by atoms with Gasteiger partial charge in [0.25, 0.3) is 0 Å². The van der Waals surface area contributed by atoms with Crippen LogP contribution < -0.4 is 5.32 Å². The van der Waals surface area contributed by atoms with Gasteiger partial charge in [-0.05, 0) is 61.7 Å². The maximum Gasteiger partial charge on any atom is 0.0176 e. The molecule has 2 heteroatoms. The molecule has 1 heterocycles. The standard InChI is InChI=1S/C19H25NS/c1-3-20-18(13-15-7-4-6-14(2)12-15)16-8-5-9-19-17(16)10-11-21-19/h4,6-7,10-12,16,18,20H,3,5,8-9,13H2,1-2H3. The van der Waals surface area contributed by atoms with Gasteiger partial charge in [0.15, 0.2) is 0 Å². The lowest BCUT2D eigenvalue weighted by Gasteiger charge is -2.31. The summed E-state index contributed by atoms with van der Waals surface area (Å²) in [5, 5.41) is 6.03. The van der Waals surface area contributed by atoms with Gasteiger partial charge in [0.05, 0.1) is 0 Å². The van der Waals surface area contributed by atoms with Crippen molar-refractivity contribution in [2.45, 2.75) is 51.5 Å². The lowest BCUT2D eigenvalue weighted by atomic mass is 9.80. The van der Waals surface area contributed by atoms with Crippen molar-refractivity contribution in [1.29, 1.82) is 0 Å². The lowest BCUT2D eigenvalue weighted by molar-refractivity contribution is 0.398. The molecule has 1 aromatic heterocycles. The number of benzene rings is 1. The molecule has 0 spiro atoms. The van der Waals surface area contributed by atoms with E-state index in [2.05, 4.69) is 54.9 Å². The highest BCUT2D eigenvalue weighted by atomic mass is 32.1. The zero-order valence-corrected chi connectivity index (χ0v) is 13.9. The summed E-state index contributed by atoms with van der Waals surface area (Å²) in [6.07, 6.45) is 5.09. The van der Waals surface area contributed by atoms with Crippen molar-refractivity contribution in [2.24, 2.45) is 0 Å². The maximum absolute atomic E-state index is 3.76. The Morgan fingerprint density at radius 2 is 2.24 bits per heavy atom. The minimum atomic E-state index is 0.561. The van der Waals surface area contributed by atoms with Crippen LogP contribution in [0, 0.1) is 6.92 Å². The fraction of sp³-hybridized carbons (Fsp3) is 0.474. The molecule has 0 radical (unpaired) electrons. The molecule has 0 bridgehead atoms. The van der Waals surface area contributed by atoms with Gasteiger partial charge in [0.2, 0.25) is 0 Å². The van der Waals surface area contributed by atoms with E-state index in [4.69, 9.17) is 0 Å². The highest BCUT2D eigenvalue weighted by Gasteiger charge is 2.28. The Hall–Kier alpha value is -1.12. The average molecular weight is 299 g/mol. The van der Waals surface area contributed by atoms with Crippen molar-refractivity contribution >= 4 is 11.3 Å². The van der Waals surface area contributed by atoms with Crippen molar-refractivity contribution < 1.29 is 0 Å². The topological polar surface area (TPSA) is 12.0 Å². The molecule has 2 aromatic rings. The molecule has 0 saturated carbocycles. The summed E-state index contributed by atoms with van der Waals surface area (Å²) in [7, 11) is 0. The summed E-state index contributed by atoms with van der Waals surface area (Å²) in [6, 6.07) is 11.9. The van der Waals surface area contributed by atoms with Crippen LogP contribution in [0.4, 0.5) is 0 Å². The first-order valence-electron chi connectivity index (χ1n) is 8.13. The Kier molecular flexibility index (Phi) is 4.77. The van der Waals surface area contributed by atoms with Crippen molar-refractivity contribution in [2.75, 3.05) is 6.54 Å². The van der Waals surface area contributed by atoms with Crippen LogP contribution in [0.5, 0.6) is 0 Å². The summed E-state index contributed by atoms with van der Waals surface area (Å²) in [5.74, 6) is 0.681. The first-order valence-corrected chi connectivity index (χ1v) is 9.01. The van der Waals surface area contributed by atoms with Gasteiger partial charge in [-0.25, -0.2) is 0 Å². The number of likely N-dealkylation sites (N-methyl/N-ethyl adjacent to an activating group) is 1. The molecule has 2 atom stereocenters. The molecule has 0 fully saturated rings. The van der Waals surface area contributed by atoms with Gasteiger partial charge in [0.1, 0.15) is 0 Å². The second-order valence-electron chi connectivity index (χ2n) is 6.16. The van der Waals surface area contributed by atoms with E-state index in [1.165, 1.54) is 30.4 Å². The molecule has 1 N–H and O–H groups in total. The number of nitrogens with one attached hydrogen (secondary N) is 1. The minimum absolute atomic E-state index is 0.561. The number of rotatable bonds is 5. The van der Waals surface area contributed by atoms with Crippen molar-refractivity contribution in [3.8, 4) is 0 Å². The molecular formula is C19H25NS. The molecule has 1 aliphatic carbocycles. The number of hydrogen-bond donors (Lipinski definition) is 1. The van der Waals surface area contributed by atoms with Gasteiger partial charge in [-0.3, -0.25) is 0 Å². The first-order chi connectivity index (χ1) is 10.3. The first kappa shape index (κ1) is 14.8. The molecule has 3 rings (SSSR count). The molecule has 0 saturated heterocycles. The van der Waals surface area contributed by atoms with E-state index in [9.17, 15) is 0 Å². The van der Waals surface area contributed by atoms with Crippen LogP contribution in [0.2, 0.25) is 0 Å². The zero-order chi connectivity index (χ0) is 14.7. The molecule has 1 aliphatic rings. The van der Waals surface area contributed by atoms with Gasteiger partial charge in [-0.1, -0.05) is 36.8 Å². The van der Waals surface area contributed by atoms with Crippen molar-refractivity contribution in [1.82, 2.24) is 5.32 Å². The average Bonchev–Trinajstić information content (AvgIpc) is 2.95. The van der Waals surface area contributed by atoms with E-state index in [-0.39, 0.29) is 0 Å². The summed E-state index contributed by atoms with van der Waals surface area (Å²) in [5.41, 5.74) is 4.44. The van der Waals surface area contributed by atoms with Crippen LogP contribution >= 0.6 is 11.3 Å². The predicted octanol–water partition coefficient (Wildman–Crippen LogP) is 4.70. The number of thiophene rings is 1. The molecular weight excluding hydrogens is 274 g/mol. The zero-order valence-electron chi connectivity index (χ0n) is 13.1. The van der Waals surface area contributed by atoms with E-state index in [1.807, 2.05) is 11.3 Å². The Labute approximate surface area is 132 Å². The summed E-state index contributed by atoms with van der Waals surface area (Å²) >= 11 is 1.95. The van der Waals surface area contributed by atoms with E-state index >= 15 is 0 Å². The summed E-state index contributed by atoms with van der Waals surface area (Å²) in [4.78, 5) is 1.62. The molecule has 21 heavy (non-hydrogen) atoms. The maximum atomic E-state index is 3.76. The number of aryl methyl sites for hydroxylation is 2. The quantitative estimate of drug-likeness (QED) is 0.844. The normalized spacial score (nSPS) is 19.2. The fourth-order valence-corrected chi connectivity index (χ4v) is 4.65. The molecule has 112 valence electrons. The van der Waals surface area contributed by atoms with E-state index < -0.39 is 0 Å². The third-order valence-electron chi connectivity index (χ3n) is 4.59. The minimum Gasteiger partial charge on any atom is -0.313 e. The molecule has 1 aromatic carbocycles. The molecule has 2 unspecified atom stereocenters. The van der Waals surface area contributed by atoms with Crippen LogP contribution in [0.3, 0.4) is 0 Å². The monoisotopic (exact) mass is 299 g/mol. The second-order valence-corrected chi connectivity index (χ2v) is 7.16. The second kappa shape index (κ2) is 6.76. The molecule has 0 aliphatic heterocycles.